The van der Waals surface area contributed by atoms with Crippen LogP contribution in [0.25, 0.3) is 0 Å². The van der Waals surface area contributed by atoms with Gasteiger partial charge in [0.2, 0.25) is 0 Å². The SMILES string of the molecule is [As]C1=NC=CC(N2CCNCC2)N1Cc1ccccn1. The van der Waals surface area contributed by atoms with Gasteiger partial charge in [0.15, 0.2) is 0 Å². The summed E-state index contributed by atoms with van der Waals surface area (Å²) in [5, 5.41) is 3.40. The van der Waals surface area contributed by atoms with Crippen LogP contribution < -0.4 is 5.32 Å². The van der Waals surface area contributed by atoms with Crippen molar-refractivity contribution in [3.8, 4) is 0 Å². The number of rotatable bonds is 3. The van der Waals surface area contributed by atoms with E-state index in [1.54, 1.807) is 0 Å². The first-order valence-electron chi connectivity index (χ1n) is 6.89. The van der Waals surface area contributed by atoms with Crippen molar-refractivity contribution in [3.05, 3.63) is 42.4 Å². The molecule has 0 amide bonds. The van der Waals surface area contributed by atoms with Gasteiger partial charge in [-0.2, -0.15) is 0 Å². The van der Waals surface area contributed by atoms with Crippen LogP contribution in [0.5, 0.6) is 0 Å². The van der Waals surface area contributed by atoms with Gasteiger partial charge >= 0.3 is 128 Å². The van der Waals surface area contributed by atoms with E-state index >= 15 is 0 Å². The maximum atomic E-state index is 4.43. The van der Waals surface area contributed by atoms with E-state index < -0.39 is 0 Å². The molecule has 3 rings (SSSR count). The number of hydrogen-bond acceptors (Lipinski definition) is 5. The molecule has 1 fully saturated rings. The standard InChI is InChI=1S/C14H18AsN5/c15-14-18-6-4-13(19-9-7-16-8-10-19)20(14)11-12-3-1-2-5-17-12/h1-6,13,16H,7-11H2. The van der Waals surface area contributed by atoms with Gasteiger partial charge in [0.25, 0.3) is 0 Å². The zero-order chi connectivity index (χ0) is 13.8. The minimum atomic E-state index is 0.273. The van der Waals surface area contributed by atoms with Crippen molar-refractivity contribution in [2.45, 2.75) is 12.7 Å². The molecule has 1 atom stereocenters. The van der Waals surface area contributed by atoms with Crippen molar-refractivity contribution in [2.75, 3.05) is 26.2 Å². The van der Waals surface area contributed by atoms with Crippen LogP contribution in [0, 0.1) is 0 Å². The van der Waals surface area contributed by atoms with Gasteiger partial charge < -0.3 is 0 Å². The molecule has 2 radical (unpaired) electrons. The van der Waals surface area contributed by atoms with Crippen molar-refractivity contribution in [3.63, 3.8) is 0 Å². The predicted octanol–water partition coefficient (Wildman–Crippen LogP) is 0.167. The van der Waals surface area contributed by atoms with Gasteiger partial charge in [-0.1, -0.05) is 0 Å². The first-order chi connectivity index (χ1) is 9.84. The summed E-state index contributed by atoms with van der Waals surface area (Å²) in [6.07, 6.45) is 6.20. The van der Waals surface area contributed by atoms with Crippen molar-refractivity contribution in [2.24, 2.45) is 4.99 Å². The number of amidine groups is 1. The number of aromatic nitrogens is 1. The summed E-state index contributed by atoms with van der Waals surface area (Å²) in [5.41, 5.74) is 1.07. The molecule has 0 aliphatic carbocycles. The molecule has 1 N–H and O–H groups in total. The van der Waals surface area contributed by atoms with Crippen molar-refractivity contribution in [1.82, 2.24) is 20.1 Å². The van der Waals surface area contributed by atoms with Gasteiger partial charge in [-0.25, -0.2) is 0 Å². The number of pyridine rings is 1. The Morgan fingerprint density at radius 3 is 2.90 bits per heavy atom. The number of nitrogens with zero attached hydrogens (tertiary/aromatic N) is 4. The van der Waals surface area contributed by atoms with Crippen molar-refractivity contribution in [1.29, 1.82) is 0 Å². The third kappa shape index (κ3) is 3.11. The molecule has 2 aliphatic heterocycles. The molecule has 2 aliphatic rings. The van der Waals surface area contributed by atoms with E-state index in [4.69, 9.17) is 0 Å². The molecule has 0 saturated carbocycles. The van der Waals surface area contributed by atoms with Gasteiger partial charge in [0.1, 0.15) is 0 Å². The van der Waals surface area contributed by atoms with Crippen molar-refractivity contribution < 1.29 is 0 Å². The third-order valence-corrected chi connectivity index (χ3v) is 4.39. The van der Waals surface area contributed by atoms with E-state index in [2.05, 4.69) is 54.1 Å². The van der Waals surface area contributed by atoms with E-state index in [-0.39, 0.29) is 6.17 Å². The number of aliphatic imine (C=N–C) groups is 1. The van der Waals surface area contributed by atoms with Crippen LogP contribution >= 0.6 is 0 Å². The first kappa shape index (κ1) is 13.8. The molecule has 104 valence electrons. The second kappa shape index (κ2) is 6.53. The Morgan fingerprint density at radius 1 is 1.30 bits per heavy atom. The molecule has 5 nitrogen and oxygen atoms in total. The van der Waals surface area contributed by atoms with Crippen LogP contribution in [0.15, 0.2) is 41.7 Å². The van der Waals surface area contributed by atoms with Gasteiger partial charge in [0.05, 0.1) is 0 Å². The van der Waals surface area contributed by atoms with E-state index in [1.807, 2.05) is 24.5 Å². The van der Waals surface area contributed by atoms with Crippen LogP contribution in [-0.2, 0) is 6.54 Å². The van der Waals surface area contributed by atoms with Gasteiger partial charge in [-0.3, -0.25) is 0 Å². The Labute approximate surface area is 128 Å². The summed E-state index contributed by atoms with van der Waals surface area (Å²) >= 11 is 2.57. The van der Waals surface area contributed by atoms with Gasteiger partial charge in [-0.15, -0.1) is 0 Å². The molecule has 0 bridgehead atoms. The van der Waals surface area contributed by atoms with Crippen LogP contribution in [0.4, 0.5) is 0 Å². The molecule has 1 saturated heterocycles. The molecule has 6 heteroatoms. The first-order valence-corrected chi connectivity index (χ1v) is 7.83. The number of piperazine rings is 1. The fraction of sp³-hybridized carbons (Fsp3) is 0.429. The summed E-state index contributed by atoms with van der Waals surface area (Å²) in [4.78, 5) is 13.6. The third-order valence-electron chi connectivity index (χ3n) is 3.61. The zero-order valence-corrected chi connectivity index (χ0v) is 13.2. The van der Waals surface area contributed by atoms with E-state index in [0.29, 0.717) is 0 Å². The van der Waals surface area contributed by atoms with E-state index in [9.17, 15) is 0 Å². The fourth-order valence-corrected chi connectivity index (χ4v) is 3.12. The Hall–Kier alpha value is -1.16. The average molecular weight is 331 g/mol. The predicted molar refractivity (Wildman–Crippen MR) is 80.3 cm³/mol. The molecule has 1 aromatic heterocycles. The average Bonchev–Trinajstić information content (AvgIpc) is 2.51. The number of nitrogens with one attached hydrogen (secondary N) is 1. The van der Waals surface area contributed by atoms with Crippen molar-refractivity contribution >= 4 is 21.5 Å². The summed E-state index contributed by atoms with van der Waals surface area (Å²) in [7, 11) is 0. The summed E-state index contributed by atoms with van der Waals surface area (Å²) in [6.45, 7) is 5.01. The normalized spacial score (nSPS) is 23.8. The Balaban J connectivity index is 1.77. The molecule has 1 aromatic rings. The number of hydrogen-bond donors (Lipinski definition) is 1. The van der Waals surface area contributed by atoms with Crippen LogP contribution in [0.2, 0.25) is 0 Å². The van der Waals surface area contributed by atoms with E-state index in [0.717, 1.165) is 43.0 Å². The summed E-state index contributed by atoms with van der Waals surface area (Å²) < 4.78 is 0.995. The Morgan fingerprint density at radius 2 is 2.15 bits per heavy atom. The fourth-order valence-electron chi connectivity index (χ4n) is 2.58. The second-order valence-electron chi connectivity index (χ2n) is 4.92. The van der Waals surface area contributed by atoms with E-state index in [1.165, 1.54) is 0 Å². The van der Waals surface area contributed by atoms with Gasteiger partial charge in [-0.05, 0) is 0 Å². The molecule has 20 heavy (non-hydrogen) atoms. The molecule has 1 unspecified atom stereocenters. The quantitative estimate of drug-likeness (QED) is 0.802. The second-order valence-corrected chi connectivity index (χ2v) is 5.76. The summed E-state index contributed by atoms with van der Waals surface area (Å²) in [5.74, 6) is 0. The maximum absolute atomic E-state index is 4.43. The summed E-state index contributed by atoms with van der Waals surface area (Å²) in [6, 6.07) is 6.04. The van der Waals surface area contributed by atoms with Crippen LogP contribution in [0.1, 0.15) is 5.69 Å². The minimum absolute atomic E-state index is 0.273. The monoisotopic (exact) mass is 331 g/mol. The molecular formula is C14H18AsN5. The van der Waals surface area contributed by atoms with Crippen LogP contribution in [0.3, 0.4) is 0 Å². The molecule has 3 heterocycles. The Bertz CT molecular complexity index is 496. The molecule has 0 aromatic carbocycles. The molecule has 0 spiro atoms. The Kier molecular flexibility index (Phi) is 4.50. The molecular weight excluding hydrogens is 313 g/mol. The van der Waals surface area contributed by atoms with Gasteiger partial charge in [0, 0.05) is 0 Å². The van der Waals surface area contributed by atoms with Crippen LogP contribution in [-0.4, -0.2) is 68.6 Å². The topological polar surface area (TPSA) is 43.8 Å². The zero-order valence-electron chi connectivity index (χ0n) is 11.3.